The minimum Gasteiger partial charge on any atom is -0.492 e. The average molecular weight is 356 g/mol. The molecule has 3 rings (SSSR count). The predicted molar refractivity (Wildman–Crippen MR) is 93.4 cm³/mol. The van der Waals surface area contributed by atoms with Crippen LogP contribution in [0.5, 0.6) is 17.2 Å². The number of ether oxygens (including phenoxy) is 3. The van der Waals surface area contributed by atoms with E-state index in [2.05, 4.69) is 0 Å². The molecular formula is C20H20O6. The van der Waals surface area contributed by atoms with E-state index in [0.29, 0.717) is 22.8 Å². The summed E-state index contributed by atoms with van der Waals surface area (Å²) in [4.78, 5) is 22.2. The van der Waals surface area contributed by atoms with E-state index < -0.39 is 12.1 Å². The lowest BCUT2D eigenvalue weighted by atomic mass is 9.85. The fourth-order valence-electron chi connectivity index (χ4n) is 3.16. The molecule has 1 N–H and O–H groups in total. The van der Waals surface area contributed by atoms with Gasteiger partial charge in [0.1, 0.15) is 17.2 Å². The summed E-state index contributed by atoms with van der Waals surface area (Å²) >= 11 is 0. The summed E-state index contributed by atoms with van der Waals surface area (Å²) in [5, 5.41) is 10.9. The molecule has 0 aliphatic carbocycles. The number of hydrogen-bond acceptors (Lipinski definition) is 6. The minimum absolute atomic E-state index is 0.257. The lowest BCUT2D eigenvalue weighted by Crippen LogP contribution is -2.25. The zero-order valence-electron chi connectivity index (χ0n) is 14.8. The molecule has 6 heteroatoms. The molecule has 0 amide bonds. The van der Waals surface area contributed by atoms with Gasteiger partial charge >= 0.3 is 11.9 Å². The molecule has 0 radical (unpaired) electrons. The van der Waals surface area contributed by atoms with Gasteiger partial charge in [0.2, 0.25) is 0 Å². The van der Waals surface area contributed by atoms with Gasteiger partial charge < -0.3 is 19.3 Å². The number of esters is 2. The summed E-state index contributed by atoms with van der Waals surface area (Å²) in [5.41, 5.74) is 2.34. The number of carbonyl (C=O) groups excluding carboxylic acids is 2. The quantitative estimate of drug-likeness (QED) is 0.672. The Kier molecular flexibility index (Phi) is 4.95. The van der Waals surface area contributed by atoms with Gasteiger partial charge in [-0.05, 0) is 36.2 Å². The molecule has 2 unspecified atom stereocenters. The summed E-state index contributed by atoms with van der Waals surface area (Å²) < 4.78 is 16.0. The molecule has 2 atom stereocenters. The molecule has 1 aliphatic heterocycles. The van der Waals surface area contributed by atoms with Gasteiger partial charge in [0.25, 0.3) is 0 Å². The molecule has 0 bridgehead atoms. The van der Waals surface area contributed by atoms with Crippen LogP contribution in [-0.4, -0.2) is 23.7 Å². The summed E-state index contributed by atoms with van der Waals surface area (Å²) in [7, 11) is 0. The fourth-order valence-corrected chi connectivity index (χ4v) is 3.16. The Morgan fingerprint density at radius 2 is 1.65 bits per heavy atom. The Labute approximate surface area is 151 Å². The molecule has 0 saturated carbocycles. The van der Waals surface area contributed by atoms with Crippen LogP contribution in [-0.2, 0) is 9.59 Å². The summed E-state index contributed by atoms with van der Waals surface area (Å²) in [6, 6.07) is 10.3. The average Bonchev–Trinajstić information content (AvgIpc) is 2.54. The molecule has 0 saturated heterocycles. The van der Waals surface area contributed by atoms with E-state index in [-0.39, 0.29) is 18.5 Å². The van der Waals surface area contributed by atoms with E-state index in [4.69, 9.17) is 14.2 Å². The highest BCUT2D eigenvalue weighted by Gasteiger charge is 2.32. The van der Waals surface area contributed by atoms with Gasteiger partial charge in [-0.3, -0.25) is 9.59 Å². The largest absolute Gasteiger partial charge is 0.492 e. The van der Waals surface area contributed by atoms with Crippen LogP contribution < -0.4 is 14.2 Å². The first-order chi connectivity index (χ1) is 12.3. The number of carbonyl (C=O) groups is 2. The second-order valence-electron chi connectivity index (χ2n) is 6.27. The minimum atomic E-state index is -0.760. The van der Waals surface area contributed by atoms with Crippen molar-refractivity contribution >= 4 is 11.9 Å². The summed E-state index contributed by atoms with van der Waals surface area (Å²) in [5.74, 6) is 0.312. The van der Waals surface area contributed by atoms with E-state index in [1.54, 1.807) is 24.3 Å². The number of aryl methyl sites for hydroxylation is 1. The van der Waals surface area contributed by atoms with Crippen LogP contribution in [0.25, 0.3) is 0 Å². The molecule has 6 nitrogen and oxygen atoms in total. The van der Waals surface area contributed by atoms with Crippen LogP contribution in [0, 0.1) is 6.92 Å². The van der Waals surface area contributed by atoms with Gasteiger partial charge in [0.15, 0.2) is 0 Å². The van der Waals surface area contributed by atoms with E-state index in [9.17, 15) is 14.7 Å². The number of rotatable bonds is 3. The Hall–Kier alpha value is -2.86. The molecule has 0 fully saturated rings. The highest BCUT2D eigenvalue weighted by molar-refractivity contribution is 5.70. The predicted octanol–water partition coefficient (Wildman–Crippen LogP) is 3.06. The topological polar surface area (TPSA) is 82.1 Å². The molecule has 2 aromatic rings. The van der Waals surface area contributed by atoms with Crippen LogP contribution >= 0.6 is 0 Å². The number of aliphatic hydroxyl groups excluding tert-OH is 1. The van der Waals surface area contributed by atoms with Crippen molar-refractivity contribution in [2.45, 2.75) is 32.8 Å². The van der Waals surface area contributed by atoms with Gasteiger partial charge in [0.05, 0.1) is 12.7 Å². The third-order valence-corrected chi connectivity index (χ3v) is 4.25. The van der Waals surface area contributed by atoms with Crippen molar-refractivity contribution in [3.05, 3.63) is 53.1 Å². The maximum absolute atomic E-state index is 11.1. The number of benzene rings is 2. The van der Waals surface area contributed by atoms with Crippen LogP contribution in [0.4, 0.5) is 0 Å². The van der Waals surface area contributed by atoms with Crippen LogP contribution in [0.3, 0.4) is 0 Å². The number of aliphatic hydroxyl groups is 1. The SMILES string of the molecule is CC(=O)Oc1ccc(C2COc3cc(OC(C)=O)cc(C)c3C2O)cc1. The van der Waals surface area contributed by atoms with E-state index >= 15 is 0 Å². The third-order valence-electron chi connectivity index (χ3n) is 4.25. The van der Waals surface area contributed by atoms with Crippen molar-refractivity contribution in [1.29, 1.82) is 0 Å². The van der Waals surface area contributed by atoms with E-state index in [1.807, 2.05) is 19.1 Å². The van der Waals surface area contributed by atoms with Crippen molar-refractivity contribution in [3.63, 3.8) is 0 Å². The van der Waals surface area contributed by atoms with Crippen LogP contribution in [0.1, 0.15) is 42.6 Å². The first kappa shape index (κ1) is 17.9. The van der Waals surface area contributed by atoms with Gasteiger partial charge in [-0.2, -0.15) is 0 Å². The summed E-state index contributed by atoms with van der Waals surface area (Å²) in [6.45, 7) is 4.80. The second-order valence-corrected chi connectivity index (χ2v) is 6.27. The van der Waals surface area contributed by atoms with Gasteiger partial charge in [0, 0.05) is 31.4 Å². The fraction of sp³-hybridized carbons (Fsp3) is 0.300. The smallest absolute Gasteiger partial charge is 0.308 e. The third kappa shape index (κ3) is 3.70. The monoisotopic (exact) mass is 356 g/mol. The Bertz CT molecular complexity index is 840. The van der Waals surface area contributed by atoms with Crippen molar-refractivity contribution in [3.8, 4) is 17.2 Å². The Balaban J connectivity index is 1.86. The summed E-state index contributed by atoms with van der Waals surface area (Å²) in [6.07, 6.45) is -0.760. The first-order valence-electron chi connectivity index (χ1n) is 8.27. The lowest BCUT2D eigenvalue weighted by molar-refractivity contribution is -0.132. The van der Waals surface area contributed by atoms with Crippen molar-refractivity contribution < 1.29 is 28.9 Å². The highest BCUT2D eigenvalue weighted by atomic mass is 16.5. The molecule has 0 spiro atoms. The van der Waals surface area contributed by atoms with Crippen molar-refractivity contribution in [2.24, 2.45) is 0 Å². The molecule has 26 heavy (non-hydrogen) atoms. The standard InChI is InChI=1S/C20H20O6/c1-11-8-16(26-13(3)22)9-18-19(11)20(23)17(10-24-18)14-4-6-15(7-5-14)25-12(2)21/h4-9,17,20,23H,10H2,1-3H3. The molecule has 1 aliphatic rings. The second kappa shape index (κ2) is 7.17. The molecular weight excluding hydrogens is 336 g/mol. The van der Waals surface area contributed by atoms with Gasteiger partial charge in [-0.15, -0.1) is 0 Å². The maximum Gasteiger partial charge on any atom is 0.308 e. The number of fused-ring (bicyclic) bond motifs is 1. The van der Waals surface area contributed by atoms with E-state index in [0.717, 1.165) is 11.1 Å². The highest BCUT2D eigenvalue weighted by Crippen LogP contribution is 2.44. The number of hydrogen-bond donors (Lipinski definition) is 1. The Morgan fingerprint density at radius 1 is 1.04 bits per heavy atom. The zero-order chi connectivity index (χ0) is 18.8. The van der Waals surface area contributed by atoms with E-state index in [1.165, 1.54) is 13.8 Å². The van der Waals surface area contributed by atoms with Crippen LogP contribution in [0.15, 0.2) is 36.4 Å². The van der Waals surface area contributed by atoms with Gasteiger partial charge in [-0.25, -0.2) is 0 Å². The molecule has 1 heterocycles. The maximum atomic E-state index is 11.1. The van der Waals surface area contributed by atoms with Crippen molar-refractivity contribution in [1.82, 2.24) is 0 Å². The van der Waals surface area contributed by atoms with Crippen LogP contribution in [0.2, 0.25) is 0 Å². The zero-order valence-corrected chi connectivity index (χ0v) is 14.8. The molecule has 136 valence electrons. The molecule has 2 aromatic carbocycles. The lowest BCUT2D eigenvalue weighted by Gasteiger charge is -2.32. The van der Waals surface area contributed by atoms with Crippen molar-refractivity contribution in [2.75, 3.05) is 6.61 Å². The first-order valence-corrected chi connectivity index (χ1v) is 8.27. The molecule has 0 aromatic heterocycles. The Morgan fingerprint density at radius 3 is 2.27 bits per heavy atom. The normalized spacial score (nSPS) is 18.5. The van der Waals surface area contributed by atoms with Gasteiger partial charge in [-0.1, -0.05) is 12.1 Å².